The van der Waals surface area contributed by atoms with Crippen molar-refractivity contribution >= 4 is 0 Å². The van der Waals surface area contributed by atoms with Gasteiger partial charge in [0.15, 0.2) is 0 Å². The maximum absolute atomic E-state index is 13.7. The summed E-state index contributed by atoms with van der Waals surface area (Å²) in [5.74, 6) is 0.208. The van der Waals surface area contributed by atoms with Gasteiger partial charge in [-0.15, -0.1) is 0 Å². The molecule has 94 valence electrons. The van der Waals surface area contributed by atoms with Crippen LogP contribution in [0.4, 0.5) is 4.39 Å². The maximum Gasteiger partial charge on any atom is 0.144 e. The van der Waals surface area contributed by atoms with E-state index in [9.17, 15) is 4.39 Å². The third-order valence-electron chi connectivity index (χ3n) is 3.66. The summed E-state index contributed by atoms with van der Waals surface area (Å²) in [7, 11) is 0. The topological polar surface area (TPSA) is 24.9 Å². The molecule has 0 radical (unpaired) electrons. The van der Waals surface area contributed by atoms with E-state index in [4.69, 9.17) is 0 Å². The minimum Gasteiger partial charge on any atom is -0.314 e. The second-order valence-corrected chi connectivity index (χ2v) is 4.87. The molecule has 1 aliphatic rings. The Bertz CT molecular complexity index is 354. The number of pyridine rings is 1. The normalized spacial score (nSPS) is 25.5. The number of aromatic nitrogens is 1. The van der Waals surface area contributed by atoms with Crippen molar-refractivity contribution in [1.82, 2.24) is 10.3 Å². The van der Waals surface area contributed by atoms with Crippen LogP contribution in [0.2, 0.25) is 0 Å². The van der Waals surface area contributed by atoms with Crippen LogP contribution < -0.4 is 5.32 Å². The van der Waals surface area contributed by atoms with E-state index in [1.165, 1.54) is 25.5 Å². The molecular weight excluding hydrogens is 215 g/mol. The Kier molecular flexibility index (Phi) is 4.49. The highest BCUT2D eigenvalue weighted by Gasteiger charge is 2.22. The van der Waals surface area contributed by atoms with Gasteiger partial charge in [0.1, 0.15) is 5.82 Å². The fourth-order valence-electron chi connectivity index (χ4n) is 2.83. The third-order valence-corrected chi connectivity index (χ3v) is 3.66. The lowest BCUT2D eigenvalue weighted by molar-refractivity contribution is 0.441. The molecule has 1 saturated carbocycles. The first-order valence-electron chi connectivity index (χ1n) is 6.64. The Balaban J connectivity index is 2.11. The number of halogens is 1. The van der Waals surface area contributed by atoms with Crippen molar-refractivity contribution in [3.05, 3.63) is 29.8 Å². The Morgan fingerprint density at radius 2 is 2.24 bits per heavy atom. The highest BCUT2D eigenvalue weighted by Crippen LogP contribution is 2.32. The lowest BCUT2D eigenvalue weighted by Gasteiger charge is -2.21. The SMILES string of the molecule is CCNC1CCCCC(c2ccncc2F)C1. The van der Waals surface area contributed by atoms with E-state index >= 15 is 0 Å². The first-order chi connectivity index (χ1) is 8.31. The van der Waals surface area contributed by atoms with E-state index in [2.05, 4.69) is 17.2 Å². The van der Waals surface area contributed by atoms with E-state index < -0.39 is 0 Å². The number of nitrogens with one attached hydrogen (secondary N) is 1. The van der Waals surface area contributed by atoms with Gasteiger partial charge in [0, 0.05) is 12.2 Å². The summed E-state index contributed by atoms with van der Waals surface area (Å²) < 4.78 is 13.7. The van der Waals surface area contributed by atoms with Crippen molar-refractivity contribution in [3.8, 4) is 0 Å². The molecule has 1 heterocycles. The van der Waals surface area contributed by atoms with Crippen LogP contribution in [0.25, 0.3) is 0 Å². The van der Waals surface area contributed by atoms with Gasteiger partial charge in [0.25, 0.3) is 0 Å². The molecule has 0 spiro atoms. The standard InChI is InChI=1S/C14H21FN2/c1-2-17-12-6-4-3-5-11(9-12)13-7-8-16-10-14(13)15/h7-8,10-12,17H,2-6,9H2,1H3. The van der Waals surface area contributed by atoms with Crippen LogP contribution in [0.15, 0.2) is 18.5 Å². The van der Waals surface area contributed by atoms with Crippen LogP contribution >= 0.6 is 0 Å². The molecule has 3 heteroatoms. The summed E-state index contributed by atoms with van der Waals surface area (Å²) in [4.78, 5) is 3.83. The Morgan fingerprint density at radius 1 is 1.41 bits per heavy atom. The molecule has 17 heavy (non-hydrogen) atoms. The van der Waals surface area contributed by atoms with Crippen molar-refractivity contribution in [2.75, 3.05) is 6.54 Å². The summed E-state index contributed by atoms with van der Waals surface area (Å²) >= 11 is 0. The highest BCUT2D eigenvalue weighted by atomic mass is 19.1. The van der Waals surface area contributed by atoms with Gasteiger partial charge in [-0.05, 0) is 43.4 Å². The second-order valence-electron chi connectivity index (χ2n) is 4.87. The molecule has 0 bridgehead atoms. The lowest BCUT2D eigenvalue weighted by atomic mass is 9.90. The van der Waals surface area contributed by atoms with E-state index in [1.807, 2.05) is 6.07 Å². The van der Waals surface area contributed by atoms with Crippen LogP contribution in [0.3, 0.4) is 0 Å². The van der Waals surface area contributed by atoms with Gasteiger partial charge in [-0.2, -0.15) is 0 Å². The Labute approximate surface area is 103 Å². The van der Waals surface area contributed by atoms with Crippen LogP contribution in [0, 0.1) is 5.82 Å². The Hall–Kier alpha value is -0.960. The van der Waals surface area contributed by atoms with E-state index in [0.29, 0.717) is 12.0 Å². The fraction of sp³-hybridized carbons (Fsp3) is 0.643. The van der Waals surface area contributed by atoms with Gasteiger partial charge < -0.3 is 5.32 Å². The molecule has 2 rings (SSSR count). The van der Waals surface area contributed by atoms with Crippen molar-refractivity contribution in [3.63, 3.8) is 0 Å². The van der Waals surface area contributed by atoms with Gasteiger partial charge in [0.2, 0.25) is 0 Å². The zero-order valence-corrected chi connectivity index (χ0v) is 10.5. The number of nitrogens with zero attached hydrogens (tertiary/aromatic N) is 1. The quantitative estimate of drug-likeness (QED) is 0.815. The molecule has 1 fully saturated rings. The summed E-state index contributed by atoms with van der Waals surface area (Å²) in [6, 6.07) is 2.38. The van der Waals surface area contributed by atoms with Crippen LogP contribution in [-0.2, 0) is 0 Å². The molecule has 1 N–H and O–H groups in total. The van der Waals surface area contributed by atoms with Crippen molar-refractivity contribution in [1.29, 1.82) is 0 Å². The zero-order valence-electron chi connectivity index (χ0n) is 10.5. The summed E-state index contributed by atoms with van der Waals surface area (Å²) in [5, 5.41) is 3.51. The molecule has 0 saturated heterocycles. The van der Waals surface area contributed by atoms with Gasteiger partial charge >= 0.3 is 0 Å². The molecule has 2 unspecified atom stereocenters. The van der Waals surface area contributed by atoms with E-state index in [-0.39, 0.29) is 5.82 Å². The summed E-state index contributed by atoms with van der Waals surface area (Å²) in [6.45, 7) is 3.13. The van der Waals surface area contributed by atoms with Crippen LogP contribution in [0.1, 0.15) is 50.5 Å². The summed E-state index contributed by atoms with van der Waals surface area (Å²) in [6.07, 6.45) is 8.86. The van der Waals surface area contributed by atoms with Gasteiger partial charge in [-0.25, -0.2) is 4.39 Å². The van der Waals surface area contributed by atoms with Gasteiger partial charge in [-0.3, -0.25) is 4.98 Å². The molecule has 1 aliphatic carbocycles. The number of hydrogen-bond donors (Lipinski definition) is 1. The minimum atomic E-state index is -0.144. The van der Waals surface area contributed by atoms with Crippen molar-refractivity contribution in [2.45, 2.75) is 51.0 Å². The monoisotopic (exact) mass is 236 g/mol. The molecule has 2 nitrogen and oxygen atoms in total. The van der Waals surface area contributed by atoms with Crippen LogP contribution in [-0.4, -0.2) is 17.6 Å². The summed E-state index contributed by atoms with van der Waals surface area (Å²) in [5.41, 5.74) is 0.852. The predicted molar refractivity (Wildman–Crippen MR) is 67.5 cm³/mol. The molecule has 0 aliphatic heterocycles. The first kappa shape index (κ1) is 12.5. The first-order valence-corrected chi connectivity index (χ1v) is 6.64. The van der Waals surface area contributed by atoms with Gasteiger partial charge in [-0.1, -0.05) is 19.8 Å². The van der Waals surface area contributed by atoms with E-state index in [0.717, 1.165) is 24.9 Å². The molecule has 0 aromatic carbocycles. The van der Waals surface area contributed by atoms with Crippen molar-refractivity contribution < 1.29 is 4.39 Å². The average molecular weight is 236 g/mol. The average Bonchev–Trinajstić information content (AvgIpc) is 2.56. The predicted octanol–water partition coefficient (Wildman–Crippen LogP) is 3.25. The zero-order chi connectivity index (χ0) is 12.1. The minimum absolute atomic E-state index is 0.144. The molecular formula is C14H21FN2. The highest BCUT2D eigenvalue weighted by molar-refractivity contribution is 5.18. The molecule has 0 amide bonds. The smallest absolute Gasteiger partial charge is 0.144 e. The third kappa shape index (κ3) is 3.25. The van der Waals surface area contributed by atoms with Crippen molar-refractivity contribution in [2.24, 2.45) is 0 Å². The molecule has 1 aromatic heterocycles. The van der Waals surface area contributed by atoms with Crippen LogP contribution in [0.5, 0.6) is 0 Å². The second kappa shape index (κ2) is 6.10. The number of rotatable bonds is 3. The Morgan fingerprint density at radius 3 is 3.00 bits per heavy atom. The fourth-order valence-corrected chi connectivity index (χ4v) is 2.83. The van der Waals surface area contributed by atoms with Gasteiger partial charge in [0.05, 0.1) is 6.20 Å². The molecule has 2 atom stereocenters. The lowest BCUT2D eigenvalue weighted by Crippen LogP contribution is -2.29. The number of hydrogen-bond acceptors (Lipinski definition) is 2. The largest absolute Gasteiger partial charge is 0.314 e. The maximum atomic E-state index is 13.7. The van der Waals surface area contributed by atoms with E-state index in [1.54, 1.807) is 6.20 Å². The molecule has 1 aromatic rings.